The lowest BCUT2D eigenvalue weighted by atomic mass is 9.75. The predicted molar refractivity (Wildman–Crippen MR) is 110 cm³/mol. The van der Waals surface area contributed by atoms with E-state index in [-0.39, 0.29) is 18.1 Å². The second-order valence-electron chi connectivity index (χ2n) is 8.88. The predicted octanol–water partition coefficient (Wildman–Crippen LogP) is 5.64. The summed E-state index contributed by atoms with van der Waals surface area (Å²) in [5.74, 6) is 8.80. The number of Topliss-reactive ketones (excluding diaryl/α,β-unsaturated/α-hetero) is 1. The van der Waals surface area contributed by atoms with Gasteiger partial charge in [0.1, 0.15) is 11.9 Å². The van der Waals surface area contributed by atoms with E-state index in [0.29, 0.717) is 30.0 Å². The molecule has 0 unspecified atom stereocenters. The van der Waals surface area contributed by atoms with Crippen LogP contribution in [0.15, 0.2) is 30.3 Å². The van der Waals surface area contributed by atoms with Gasteiger partial charge in [-0.2, -0.15) is 0 Å². The van der Waals surface area contributed by atoms with Gasteiger partial charge in [0.15, 0.2) is 0 Å². The summed E-state index contributed by atoms with van der Waals surface area (Å²) in [7, 11) is 0. The molecule has 2 aliphatic carbocycles. The van der Waals surface area contributed by atoms with Crippen LogP contribution in [0.3, 0.4) is 0 Å². The Morgan fingerprint density at radius 1 is 1.07 bits per heavy atom. The summed E-state index contributed by atoms with van der Waals surface area (Å²) in [6.45, 7) is 6.92. The molecule has 0 saturated heterocycles. The SMILES string of the molecule is CC(C)[C@@H]1CC[C@@H](C)C[C@H]1O[C@H](C#Cc1ccccc1)[C@@H]1CCCCC1=O. The first-order chi connectivity index (χ1) is 13.0. The average Bonchev–Trinajstić information content (AvgIpc) is 2.66. The Labute approximate surface area is 165 Å². The maximum atomic E-state index is 12.6. The van der Waals surface area contributed by atoms with E-state index in [9.17, 15) is 4.79 Å². The summed E-state index contributed by atoms with van der Waals surface area (Å²) < 4.78 is 6.67. The van der Waals surface area contributed by atoms with Gasteiger partial charge in [0.2, 0.25) is 0 Å². The van der Waals surface area contributed by atoms with Gasteiger partial charge >= 0.3 is 0 Å². The average molecular weight is 367 g/mol. The Morgan fingerprint density at radius 2 is 1.85 bits per heavy atom. The fourth-order valence-electron chi connectivity index (χ4n) is 4.69. The van der Waals surface area contributed by atoms with Crippen LogP contribution in [-0.4, -0.2) is 18.0 Å². The van der Waals surface area contributed by atoms with Gasteiger partial charge in [-0.05, 0) is 55.6 Å². The zero-order valence-electron chi connectivity index (χ0n) is 17.1. The molecule has 2 aliphatic rings. The van der Waals surface area contributed by atoms with E-state index in [1.165, 1.54) is 12.8 Å². The minimum atomic E-state index is -0.269. The molecule has 0 amide bonds. The smallest absolute Gasteiger partial charge is 0.139 e. The third kappa shape index (κ3) is 5.45. The van der Waals surface area contributed by atoms with Crippen molar-refractivity contribution < 1.29 is 9.53 Å². The van der Waals surface area contributed by atoms with E-state index in [1.54, 1.807) is 0 Å². The quantitative estimate of drug-likeness (QED) is 0.644. The molecule has 2 nitrogen and oxygen atoms in total. The highest BCUT2D eigenvalue weighted by Gasteiger charge is 2.37. The number of ether oxygens (including phenoxy) is 1. The van der Waals surface area contributed by atoms with Crippen molar-refractivity contribution in [1.82, 2.24) is 0 Å². The van der Waals surface area contributed by atoms with Crippen molar-refractivity contribution in [2.45, 2.75) is 77.9 Å². The van der Waals surface area contributed by atoms with E-state index >= 15 is 0 Å². The first-order valence-corrected chi connectivity index (χ1v) is 10.8. The zero-order chi connectivity index (χ0) is 19.2. The van der Waals surface area contributed by atoms with Crippen molar-refractivity contribution in [1.29, 1.82) is 0 Å². The molecular weight excluding hydrogens is 332 g/mol. The van der Waals surface area contributed by atoms with E-state index in [4.69, 9.17) is 4.74 Å². The fraction of sp³-hybridized carbons (Fsp3) is 0.640. The Kier molecular flexibility index (Phi) is 7.13. The Hall–Kier alpha value is -1.59. The lowest BCUT2D eigenvalue weighted by Gasteiger charge is -2.39. The molecule has 1 aromatic carbocycles. The first-order valence-electron chi connectivity index (χ1n) is 10.8. The standard InChI is InChI=1S/C25H34O2/c1-18(2)21-15-13-19(3)17-25(21)27-24(22-11-7-8-12-23(22)26)16-14-20-9-5-4-6-10-20/h4-6,9-10,18-19,21-22,24-25H,7-8,11-13,15,17H2,1-3H3/t19-,21+,22-,24-,25-/m1/s1. The zero-order valence-corrected chi connectivity index (χ0v) is 17.1. The fourth-order valence-corrected chi connectivity index (χ4v) is 4.69. The number of rotatable bonds is 4. The molecule has 0 bridgehead atoms. The van der Waals surface area contributed by atoms with Crippen LogP contribution in [0.5, 0.6) is 0 Å². The molecule has 0 aliphatic heterocycles. The highest BCUT2D eigenvalue weighted by atomic mass is 16.5. The van der Waals surface area contributed by atoms with Crippen molar-refractivity contribution in [3.63, 3.8) is 0 Å². The van der Waals surface area contributed by atoms with Gasteiger partial charge in [0.05, 0.1) is 12.0 Å². The van der Waals surface area contributed by atoms with Gasteiger partial charge in [-0.1, -0.05) is 63.7 Å². The van der Waals surface area contributed by atoms with Crippen LogP contribution in [0.1, 0.15) is 71.3 Å². The molecule has 1 aromatic rings. The maximum Gasteiger partial charge on any atom is 0.139 e. The van der Waals surface area contributed by atoms with E-state index in [1.807, 2.05) is 30.3 Å². The second-order valence-corrected chi connectivity index (χ2v) is 8.88. The summed E-state index contributed by atoms with van der Waals surface area (Å²) in [5.41, 5.74) is 0.992. The largest absolute Gasteiger partial charge is 0.361 e. The lowest BCUT2D eigenvalue weighted by molar-refractivity contribution is -0.134. The van der Waals surface area contributed by atoms with Gasteiger partial charge < -0.3 is 4.74 Å². The molecule has 0 heterocycles. The Morgan fingerprint density at radius 3 is 2.56 bits per heavy atom. The first kappa shape index (κ1) is 20.2. The normalized spacial score (nSPS) is 29.9. The van der Waals surface area contributed by atoms with Crippen LogP contribution in [0, 0.1) is 35.5 Å². The highest BCUT2D eigenvalue weighted by molar-refractivity contribution is 5.82. The summed E-state index contributed by atoms with van der Waals surface area (Å²) in [4.78, 5) is 12.6. The third-order valence-electron chi connectivity index (χ3n) is 6.38. The highest BCUT2D eigenvalue weighted by Crippen LogP contribution is 2.37. The lowest BCUT2D eigenvalue weighted by Crippen LogP contribution is -2.41. The summed E-state index contributed by atoms with van der Waals surface area (Å²) in [6.07, 6.45) is 7.28. The molecule has 2 fully saturated rings. The number of carbonyl (C=O) groups is 1. The number of benzene rings is 1. The Balaban J connectivity index is 1.82. The van der Waals surface area contributed by atoms with Crippen LogP contribution in [0.2, 0.25) is 0 Å². The van der Waals surface area contributed by atoms with Gasteiger partial charge in [-0.25, -0.2) is 0 Å². The van der Waals surface area contributed by atoms with Crippen LogP contribution < -0.4 is 0 Å². The summed E-state index contributed by atoms with van der Waals surface area (Å²) >= 11 is 0. The number of hydrogen-bond acceptors (Lipinski definition) is 2. The third-order valence-corrected chi connectivity index (χ3v) is 6.38. The summed E-state index contributed by atoms with van der Waals surface area (Å²) in [6, 6.07) is 10.0. The van der Waals surface area contributed by atoms with Crippen LogP contribution in [0.25, 0.3) is 0 Å². The topological polar surface area (TPSA) is 26.3 Å². The second kappa shape index (κ2) is 9.56. The van der Waals surface area contributed by atoms with Crippen molar-refractivity contribution in [2.75, 3.05) is 0 Å². The molecule has 2 saturated carbocycles. The van der Waals surface area contributed by atoms with Gasteiger partial charge in [-0.15, -0.1) is 0 Å². The molecule has 0 radical (unpaired) electrons. The van der Waals surface area contributed by atoms with Crippen LogP contribution in [-0.2, 0) is 9.53 Å². The van der Waals surface area contributed by atoms with Crippen molar-refractivity contribution in [3.05, 3.63) is 35.9 Å². The van der Waals surface area contributed by atoms with Gasteiger partial charge in [-0.3, -0.25) is 4.79 Å². The molecule has 0 N–H and O–H groups in total. The van der Waals surface area contributed by atoms with E-state index in [0.717, 1.165) is 31.2 Å². The molecule has 0 aromatic heterocycles. The van der Waals surface area contributed by atoms with Crippen molar-refractivity contribution in [2.24, 2.45) is 23.7 Å². The number of ketones is 1. The molecular formula is C25H34O2. The molecule has 2 heteroatoms. The molecule has 3 rings (SSSR count). The molecule has 0 spiro atoms. The minimum absolute atomic E-state index is 0.0555. The maximum absolute atomic E-state index is 12.6. The van der Waals surface area contributed by atoms with Gasteiger partial charge in [0, 0.05) is 12.0 Å². The van der Waals surface area contributed by atoms with Crippen molar-refractivity contribution >= 4 is 5.78 Å². The van der Waals surface area contributed by atoms with E-state index in [2.05, 4.69) is 32.6 Å². The molecule has 146 valence electrons. The number of hydrogen-bond donors (Lipinski definition) is 0. The summed E-state index contributed by atoms with van der Waals surface area (Å²) in [5, 5.41) is 0. The monoisotopic (exact) mass is 366 g/mol. The van der Waals surface area contributed by atoms with E-state index < -0.39 is 0 Å². The Bertz CT molecular complexity index is 667. The number of carbonyl (C=O) groups excluding carboxylic acids is 1. The molecule has 5 atom stereocenters. The minimum Gasteiger partial charge on any atom is -0.361 e. The van der Waals surface area contributed by atoms with Crippen LogP contribution >= 0.6 is 0 Å². The molecule has 27 heavy (non-hydrogen) atoms. The van der Waals surface area contributed by atoms with Crippen molar-refractivity contribution in [3.8, 4) is 11.8 Å². The van der Waals surface area contributed by atoms with Crippen LogP contribution in [0.4, 0.5) is 0 Å². The van der Waals surface area contributed by atoms with Gasteiger partial charge in [0.25, 0.3) is 0 Å².